The molecule has 1 aliphatic rings. The fraction of sp³-hybridized carbons (Fsp3) is 0.227. The number of piperazine rings is 1. The lowest BCUT2D eigenvalue weighted by Gasteiger charge is -2.36. The van der Waals surface area contributed by atoms with Crippen LogP contribution in [0.2, 0.25) is 0 Å². The van der Waals surface area contributed by atoms with Crippen molar-refractivity contribution >= 4 is 17.5 Å². The number of nitriles is 1. The SMILES string of the molecule is N#Cc1ccccc1N1CCN(c2ncc(C(=O)NCc3ccncc3)c(=O)[nH]2)CC1. The fourth-order valence-electron chi connectivity index (χ4n) is 3.49. The lowest BCUT2D eigenvalue weighted by Crippen LogP contribution is -2.47. The monoisotopic (exact) mass is 415 g/mol. The number of carbonyl (C=O) groups excluding carboxylic acids is 1. The van der Waals surface area contributed by atoms with E-state index in [9.17, 15) is 14.9 Å². The first-order valence-corrected chi connectivity index (χ1v) is 9.91. The number of hydrogen-bond acceptors (Lipinski definition) is 7. The minimum Gasteiger partial charge on any atom is -0.367 e. The molecule has 1 aromatic carbocycles. The van der Waals surface area contributed by atoms with Crippen molar-refractivity contribution in [3.8, 4) is 6.07 Å². The third-order valence-electron chi connectivity index (χ3n) is 5.18. The number of H-pyrrole nitrogens is 1. The number of nitrogens with zero attached hydrogens (tertiary/aromatic N) is 5. The average molecular weight is 415 g/mol. The van der Waals surface area contributed by atoms with Gasteiger partial charge in [-0.25, -0.2) is 4.98 Å². The van der Waals surface area contributed by atoms with Crippen LogP contribution in [0.15, 0.2) is 59.8 Å². The van der Waals surface area contributed by atoms with E-state index >= 15 is 0 Å². The number of para-hydroxylation sites is 1. The predicted octanol–water partition coefficient (Wildman–Crippen LogP) is 1.29. The summed E-state index contributed by atoms with van der Waals surface area (Å²) >= 11 is 0. The highest BCUT2D eigenvalue weighted by molar-refractivity contribution is 5.93. The van der Waals surface area contributed by atoms with E-state index in [0.717, 1.165) is 11.3 Å². The van der Waals surface area contributed by atoms with Gasteiger partial charge in [0.25, 0.3) is 11.5 Å². The Hall–Kier alpha value is -4.19. The van der Waals surface area contributed by atoms with Crippen molar-refractivity contribution < 1.29 is 4.79 Å². The molecule has 3 aromatic rings. The van der Waals surface area contributed by atoms with Gasteiger partial charge in [-0.3, -0.25) is 19.6 Å². The second kappa shape index (κ2) is 9.09. The normalized spacial score (nSPS) is 13.5. The van der Waals surface area contributed by atoms with E-state index < -0.39 is 11.5 Å². The molecule has 1 saturated heterocycles. The van der Waals surface area contributed by atoms with Gasteiger partial charge in [0.05, 0.1) is 11.3 Å². The number of nitrogens with one attached hydrogen (secondary N) is 2. The summed E-state index contributed by atoms with van der Waals surface area (Å²) in [6.07, 6.45) is 4.60. The summed E-state index contributed by atoms with van der Waals surface area (Å²) < 4.78 is 0. The van der Waals surface area contributed by atoms with E-state index in [1.165, 1.54) is 6.20 Å². The predicted molar refractivity (Wildman–Crippen MR) is 116 cm³/mol. The molecule has 9 nitrogen and oxygen atoms in total. The first-order valence-electron chi connectivity index (χ1n) is 9.91. The van der Waals surface area contributed by atoms with Gasteiger partial charge < -0.3 is 15.1 Å². The maximum atomic E-state index is 12.5. The molecule has 31 heavy (non-hydrogen) atoms. The smallest absolute Gasteiger partial charge is 0.265 e. The number of pyridine rings is 1. The van der Waals surface area contributed by atoms with Gasteiger partial charge in [0.15, 0.2) is 0 Å². The van der Waals surface area contributed by atoms with Crippen LogP contribution in [0.1, 0.15) is 21.5 Å². The van der Waals surface area contributed by atoms with E-state index in [4.69, 9.17) is 0 Å². The minimum absolute atomic E-state index is 0.0283. The summed E-state index contributed by atoms with van der Waals surface area (Å²) in [5, 5.41) is 12.0. The summed E-state index contributed by atoms with van der Waals surface area (Å²) in [5.41, 5.74) is 1.94. The van der Waals surface area contributed by atoms with Crippen molar-refractivity contribution in [2.24, 2.45) is 0 Å². The fourth-order valence-corrected chi connectivity index (χ4v) is 3.49. The van der Waals surface area contributed by atoms with Crippen LogP contribution in [0.3, 0.4) is 0 Å². The van der Waals surface area contributed by atoms with Gasteiger partial charge in [-0.15, -0.1) is 0 Å². The lowest BCUT2D eigenvalue weighted by molar-refractivity contribution is 0.0949. The van der Waals surface area contributed by atoms with Crippen LogP contribution in [0, 0.1) is 11.3 Å². The zero-order chi connectivity index (χ0) is 21.6. The third kappa shape index (κ3) is 4.53. The van der Waals surface area contributed by atoms with E-state index in [2.05, 4.69) is 31.2 Å². The molecule has 2 aromatic heterocycles. The molecule has 0 bridgehead atoms. The number of hydrogen-bond donors (Lipinski definition) is 2. The first kappa shape index (κ1) is 20.1. The molecule has 1 fully saturated rings. The van der Waals surface area contributed by atoms with Crippen LogP contribution in [0.25, 0.3) is 0 Å². The van der Waals surface area contributed by atoms with Gasteiger partial charge >= 0.3 is 0 Å². The Morgan fingerprint density at radius 3 is 2.52 bits per heavy atom. The molecule has 1 aliphatic heterocycles. The first-order chi connectivity index (χ1) is 15.2. The van der Waals surface area contributed by atoms with Crippen molar-refractivity contribution in [1.82, 2.24) is 20.3 Å². The molecule has 0 saturated carbocycles. The van der Waals surface area contributed by atoms with Crippen LogP contribution < -0.4 is 20.7 Å². The Morgan fingerprint density at radius 2 is 1.81 bits per heavy atom. The summed E-state index contributed by atoms with van der Waals surface area (Å²) in [4.78, 5) is 39.9. The van der Waals surface area contributed by atoms with Gasteiger partial charge in [0, 0.05) is 51.3 Å². The molecule has 3 heterocycles. The molecular formula is C22H21N7O2. The standard InChI is InChI=1S/C22H21N7O2/c23-13-17-3-1-2-4-19(17)28-9-11-29(12-10-28)22-26-15-18(21(31)27-22)20(30)25-14-16-5-7-24-8-6-16/h1-8,15H,9-12,14H2,(H,25,30)(H,26,27,31). The maximum absolute atomic E-state index is 12.5. The molecule has 0 aliphatic carbocycles. The largest absolute Gasteiger partial charge is 0.367 e. The quantitative estimate of drug-likeness (QED) is 0.645. The summed E-state index contributed by atoms with van der Waals surface area (Å²) in [6, 6.07) is 13.3. The topological polar surface area (TPSA) is 118 Å². The van der Waals surface area contributed by atoms with E-state index in [1.54, 1.807) is 30.6 Å². The molecule has 0 unspecified atom stereocenters. The Bertz CT molecular complexity index is 1160. The van der Waals surface area contributed by atoms with E-state index in [1.807, 2.05) is 23.1 Å². The average Bonchev–Trinajstić information content (AvgIpc) is 2.83. The second-order valence-corrected chi connectivity index (χ2v) is 7.09. The highest BCUT2D eigenvalue weighted by Gasteiger charge is 2.21. The van der Waals surface area contributed by atoms with E-state index in [0.29, 0.717) is 44.2 Å². The van der Waals surface area contributed by atoms with Gasteiger partial charge in [-0.2, -0.15) is 5.26 Å². The maximum Gasteiger partial charge on any atom is 0.265 e. The molecule has 4 rings (SSSR count). The Balaban J connectivity index is 1.39. The summed E-state index contributed by atoms with van der Waals surface area (Å²) in [5.74, 6) is -0.0426. The van der Waals surface area contributed by atoms with Crippen LogP contribution in [-0.2, 0) is 6.54 Å². The zero-order valence-corrected chi connectivity index (χ0v) is 16.8. The number of benzene rings is 1. The number of aromatic amines is 1. The number of anilines is 2. The molecule has 0 radical (unpaired) electrons. The van der Waals surface area contributed by atoms with E-state index in [-0.39, 0.29) is 5.56 Å². The molecule has 0 spiro atoms. The van der Waals surface area contributed by atoms with Crippen LogP contribution >= 0.6 is 0 Å². The molecule has 156 valence electrons. The van der Waals surface area contributed by atoms with Gasteiger partial charge in [0.2, 0.25) is 5.95 Å². The third-order valence-corrected chi connectivity index (χ3v) is 5.18. The van der Waals surface area contributed by atoms with Crippen LogP contribution in [0.4, 0.5) is 11.6 Å². The zero-order valence-electron chi connectivity index (χ0n) is 16.8. The van der Waals surface area contributed by atoms with Gasteiger partial charge in [-0.1, -0.05) is 12.1 Å². The van der Waals surface area contributed by atoms with Crippen molar-refractivity contribution in [1.29, 1.82) is 5.26 Å². The molecule has 2 N–H and O–H groups in total. The Labute approximate surface area is 179 Å². The van der Waals surface area contributed by atoms with Crippen molar-refractivity contribution in [3.05, 3.63) is 82.0 Å². The molecular weight excluding hydrogens is 394 g/mol. The number of carbonyl (C=O) groups is 1. The second-order valence-electron chi connectivity index (χ2n) is 7.09. The highest BCUT2D eigenvalue weighted by Crippen LogP contribution is 2.21. The van der Waals surface area contributed by atoms with Crippen molar-refractivity contribution in [2.75, 3.05) is 36.0 Å². The van der Waals surface area contributed by atoms with Crippen molar-refractivity contribution in [2.45, 2.75) is 6.54 Å². The van der Waals surface area contributed by atoms with Crippen LogP contribution in [0.5, 0.6) is 0 Å². The molecule has 9 heteroatoms. The lowest BCUT2D eigenvalue weighted by atomic mass is 10.1. The summed E-state index contributed by atoms with van der Waals surface area (Å²) in [7, 11) is 0. The Morgan fingerprint density at radius 1 is 1.10 bits per heavy atom. The van der Waals surface area contributed by atoms with Gasteiger partial charge in [-0.05, 0) is 29.8 Å². The Kier molecular flexibility index (Phi) is 5.89. The molecule has 1 amide bonds. The highest BCUT2D eigenvalue weighted by atomic mass is 16.2. The van der Waals surface area contributed by atoms with Gasteiger partial charge in [0.1, 0.15) is 11.6 Å². The number of rotatable bonds is 5. The van der Waals surface area contributed by atoms with Crippen LogP contribution in [-0.4, -0.2) is 47.0 Å². The number of aromatic nitrogens is 3. The summed E-state index contributed by atoms with van der Waals surface area (Å²) in [6.45, 7) is 2.95. The minimum atomic E-state index is -0.477. The number of amides is 1. The molecule has 0 atom stereocenters. The van der Waals surface area contributed by atoms with Crippen molar-refractivity contribution in [3.63, 3.8) is 0 Å².